The Morgan fingerprint density at radius 3 is 2.21 bits per heavy atom. The van der Waals surface area contributed by atoms with E-state index in [1.807, 2.05) is 26.2 Å². The third kappa shape index (κ3) is 3.78. The molecule has 0 heterocycles. The van der Waals surface area contributed by atoms with Crippen molar-refractivity contribution >= 4 is 7.32 Å². The number of nitrogens with zero attached hydrogens (tertiary/aromatic N) is 1. The summed E-state index contributed by atoms with van der Waals surface area (Å²) in [4.78, 5) is 2.05. The predicted molar refractivity (Wildman–Crippen MR) is 54.7 cm³/mol. The zero-order valence-corrected chi connectivity index (χ0v) is 8.34. The molecule has 0 saturated carbocycles. The average molecular weight is 195 g/mol. The van der Waals surface area contributed by atoms with Crippen LogP contribution >= 0.6 is 0 Å². The van der Waals surface area contributed by atoms with Gasteiger partial charge in [0.1, 0.15) is 5.75 Å². The van der Waals surface area contributed by atoms with Crippen molar-refractivity contribution in [2.75, 3.05) is 14.1 Å². The summed E-state index contributed by atoms with van der Waals surface area (Å²) in [5.74, 6) is 0.447. The highest BCUT2D eigenvalue weighted by molar-refractivity contribution is 6.33. The van der Waals surface area contributed by atoms with E-state index in [0.717, 1.165) is 12.1 Å². The molecule has 14 heavy (non-hydrogen) atoms. The molecule has 2 N–H and O–H groups in total. The summed E-state index contributed by atoms with van der Waals surface area (Å²) in [6.07, 6.45) is 0. The highest BCUT2D eigenvalue weighted by atomic mass is 16.6. The SMILES string of the molecule is CN(C)Cc1ccc(OB(O)O)cc1. The van der Waals surface area contributed by atoms with Crippen LogP contribution in [0.2, 0.25) is 0 Å². The molecule has 0 aliphatic carbocycles. The maximum absolute atomic E-state index is 8.55. The lowest BCUT2D eigenvalue weighted by Gasteiger charge is -2.10. The van der Waals surface area contributed by atoms with Gasteiger partial charge in [-0.25, -0.2) is 0 Å². The summed E-state index contributed by atoms with van der Waals surface area (Å²) in [6.45, 7) is 0.849. The highest BCUT2D eigenvalue weighted by Gasteiger charge is 2.10. The third-order valence-electron chi connectivity index (χ3n) is 1.66. The first-order valence-corrected chi connectivity index (χ1v) is 4.34. The van der Waals surface area contributed by atoms with Crippen LogP contribution in [0.15, 0.2) is 24.3 Å². The minimum Gasteiger partial charge on any atom is -0.512 e. The van der Waals surface area contributed by atoms with E-state index < -0.39 is 7.32 Å². The minimum absolute atomic E-state index is 0.447. The Hall–Kier alpha value is -1.04. The number of rotatable bonds is 4. The summed E-state index contributed by atoms with van der Waals surface area (Å²) in [6, 6.07) is 7.19. The largest absolute Gasteiger partial charge is 0.707 e. The predicted octanol–water partition coefficient (Wildman–Crippen LogP) is 0.0965. The minimum atomic E-state index is -1.75. The summed E-state index contributed by atoms with van der Waals surface area (Å²) in [7, 11) is 2.22. The molecule has 0 saturated heterocycles. The zero-order valence-electron chi connectivity index (χ0n) is 8.34. The van der Waals surface area contributed by atoms with Crippen LogP contribution in [0.3, 0.4) is 0 Å². The Morgan fingerprint density at radius 2 is 1.79 bits per heavy atom. The standard InChI is InChI=1S/C9H14BNO3/c1-11(2)7-8-3-5-9(6-4-8)14-10(12)13/h3-6,12-13H,7H2,1-2H3. The first-order valence-electron chi connectivity index (χ1n) is 4.34. The van der Waals surface area contributed by atoms with Crippen molar-refractivity contribution in [3.05, 3.63) is 29.8 Å². The molecular weight excluding hydrogens is 181 g/mol. The third-order valence-corrected chi connectivity index (χ3v) is 1.66. The lowest BCUT2D eigenvalue weighted by atomic mass is 10.2. The van der Waals surface area contributed by atoms with Crippen molar-refractivity contribution in [2.45, 2.75) is 6.54 Å². The van der Waals surface area contributed by atoms with Gasteiger partial charge in [0.15, 0.2) is 0 Å². The Morgan fingerprint density at radius 1 is 1.21 bits per heavy atom. The van der Waals surface area contributed by atoms with Crippen molar-refractivity contribution in [1.82, 2.24) is 4.90 Å². The van der Waals surface area contributed by atoms with Crippen LogP contribution in [-0.4, -0.2) is 36.4 Å². The van der Waals surface area contributed by atoms with Gasteiger partial charge in [-0.05, 0) is 31.8 Å². The van der Waals surface area contributed by atoms with Gasteiger partial charge in [-0.15, -0.1) is 0 Å². The molecule has 0 amide bonds. The topological polar surface area (TPSA) is 52.9 Å². The van der Waals surface area contributed by atoms with Gasteiger partial charge in [0, 0.05) is 6.54 Å². The monoisotopic (exact) mass is 195 g/mol. The molecule has 0 atom stereocenters. The Kier molecular flexibility index (Phi) is 3.94. The van der Waals surface area contributed by atoms with Crippen LogP contribution in [0.25, 0.3) is 0 Å². The number of hydrogen-bond donors (Lipinski definition) is 2. The van der Waals surface area contributed by atoms with Crippen molar-refractivity contribution < 1.29 is 14.7 Å². The van der Waals surface area contributed by atoms with Gasteiger partial charge in [-0.2, -0.15) is 0 Å². The summed E-state index contributed by atoms with van der Waals surface area (Å²) in [5, 5.41) is 17.1. The van der Waals surface area contributed by atoms with Crippen LogP contribution in [-0.2, 0) is 6.54 Å². The lowest BCUT2D eigenvalue weighted by Crippen LogP contribution is -2.20. The molecule has 0 radical (unpaired) electrons. The van der Waals surface area contributed by atoms with Crippen LogP contribution in [0.1, 0.15) is 5.56 Å². The van der Waals surface area contributed by atoms with Crippen molar-refractivity contribution in [3.63, 3.8) is 0 Å². The molecule has 4 nitrogen and oxygen atoms in total. The fraction of sp³-hybridized carbons (Fsp3) is 0.333. The van der Waals surface area contributed by atoms with Gasteiger partial charge in [0.05, 0.1) is 0 Å². The molecule has 0 bridgehead atoms. The van der Waals surface area contributed by atoms with Gasteiger partial charge >= 0.3 is 7.32 Å². The summed E-state index contributed by atoms with van der Waals surface area (Å²) in [5.41, 5.74) is 1.15. The molecule has 1 rings (SSSR count). The fourth-order valence-corrected chi connectivity index (χ4v) is 1.16. The van der Waals surface area contributed by atoms with E-state index >= 15 is 0 Å². The second-order valence-corrected chi connectivity index (χ2v) is 3.33. The normalized spacial score (nSPS) is 10.4. The molecule has 0 spiro atoms. The average Bonchev–Trinajstić information content (AvgIpc) is 2.06. The van der Waals surface area contributed by atoms with Gasteiger partial charge in [0.25, 0.3) is 0 Å². The molecule has 0 aromatic heterocycles. The molecule has 0 aliphatic heterocycles. The molecule has 1 aromatic rings. The van der Waals surface area contributed by atoms with E-state index in [1.165, 1.54) is 0 Å². The fourth-order valence-electron chi connectivity index (χ4n) is 1.16. The maximum atomic E-state index is 8.55. The molecular formula is C9H14BNO3. The number of hydrogen-bond acceptors (Lipinski definition) is 4. The van der Waals surface area contributed by atoms with Crippen LogP contribution in [0.4, 0.5) is 0 Å². The smallest absolute Gasteiger partial charge is 0.512 e. The zero-order chi connectivity index (χ0) is 10.6. The Balaban J connectivity index is 2.59. The summed E-state index contributed by atoms with van der Waals surface area (Å²) < 4.78 is 4.67. The Labute approximate surface area is 83.9 Å². The lowest BCUT2D eigenvalue weighted by molar-refractivity contribution is 0.288. The maximum Gasteiger partial charge on any atom is 0.707 e. The van der Waals surface area contributed by atoms with Crippen LogP contribution < -0.4 is 4.65 Å². The van der Waals surface area contributed by atoms with Crippen molar-refractivity contribution in [1.29, 1.82) is 0 Å². The van der Waals surface area contributed by atoms with E-state index in [9.17, 15) is 0 Å². The number of benzene rings is 1. The summed E-state index contributed by atoms with van der Waals surface area (Å²) >= 11 is 0. The highest BCUT2D eigenvalue weighted by Crippen LogP contribution is 2.12. The molecule has 0 fully saturated rings. The van der Waals surface area contributed by atoms with Crippen molar-refractivity contribution in [2.24, 2.45) is 0 Å². The second-order valence-electron chi connectivity index (χ2n) is 3.33. The van der Waals surface area contributed by atoms with E-state index in [4.69, 9.17) is 10.0 Å². The van der Waals surface area contributed by atoms with Gasteiger partial charge < -0.3 is 19.6 Å². The van der Waals surface area contributed by atoms with Gasteiger partial charge in [0.2, 0.25) is 0 Å². The molecule has 1 aromatic carbocycles. The van der Waals surface area contributed by atoms with Crippen LogP contribution in [0, 0.1) is 0 Å². The first-order chi connectivity index (χ1) is 6.58. The van der Waals surface area contributed by atoms with Gasteiger partial charge in [-0.1, -0.05) is 12.1 Å². The molecule has 76 valence electrons. The Bertz CT molecular complexity index is 245. The molecule has 0 aliphatic rings. The van der Waals surface area contributed by atoms with E-state index in [1.54, 1.807) is 12.1 Å². The van der Waals surface area contributed by atoms with Gasteiger partial charge in [-0.3, -0.25) is 0 Å². The molecule has 0 unspecified atom stereocenters. The molecule has 5 heteroatoms. The van der Waals surface area contributed by atoms with Crippen molar-refractivity contribution in [3.8, 4) is 5.75 Å². The van der Waals surface area contributed by atoms with E-state index in [2.05, 4.69) is 9.55 Å². The van der Waals surface area contributed by atoms with E-state index in [-0.39, 0.29) is 0 Å². The van der Waals surface area contributed by atoms with E-state index in [0.29, 0.717) is 5.75 Å². The second kappa shape index (κ2) is 5.00. The first kappa shape index (κ1) is 11.0. The quantitative estimate of drug-likeness (QED) is 0.669. The van der Waals surface area contributed by atoms with Crippen LogP contribution in [0.5, 0.6) is 5.75 Å².